The van der Waals surface area contributed by atoms with Crippen molar-refractivity contribution in [1.82, 2.24) is 0 Å². The maximum absolute atomic E-state index is 10.7. The fourth-order valence-corrected chi connectivity index (χ4v) is 0.850. The Kier molecular flexibility index (Phi) is 19.5. The molecule has 0 aromatic carbocycles. The maximum Gasteiger partial charge on any atom is 0.305 e. The number of esters is 1. The van der Waals surface area contributed by atoms with Crippen LogP contribution in [-0.2, 0) is 9.53 Å². The van der Waals surface area contributed by atoms with Gasteiger partial charge in [-0.05, 0) is 25.7 Å². The van der Waals surface area contributed by atoms with Gasteiger partial charge in [-0.15, -0.1) is 0 Å². The molecule has 0 aromatic heterocycles. The van der Waals surface area contributed by atoms with Crippen molar-refractivity contribution in [2.24, 2.45) is 0 Å². The van der Waals surface area contributed by atoms with Crippen LogP contribution in [0.25, 0.3) is 0 Å². The van der Waals surface area contributed by atoms with E-state index in [0.29, 0.717) is 19.4 Å². The number of carbonyl (C=O) groups is 1. The van der Waals surface area contributed by atoms with E-state index in [2.05, 4.69) is 0 Å². The molecular formula is C12H26O5. The summed E-state index contributed by atoms with van der Waals surface area (Å²) in [6, 6.07) is 0. The van der Waals surface area contributed by atoms with Crippen molar-refractivity contribution in [3.05, 3.63) is 0 Å². The minimum absolute atomic E-state index is 0.0584. The number of hydrogen-bond acceptors (Lipinski definition) is 5. The first-order valence-electron chi connectivity index (χ1n) is 6.21. The second-order valence-corrected chi connectivity index (χ2v) is 3.56. The molecule has 0 bridgehead atoms. The van der Waals surface area contributed by atoms with Gasteiger partial charge in [0.15, 0.2) is 0 Å². The van der Waals surface area contributed by atoms with E-state index in [4.69, 9.17) is 20.1 Å². The minimum atomic E-state index is -0.201. The van der Waals surface area contributed by atoms with E-state index < -0.39 is 0 Å². The molecule has 0 spiro atoms. The SMILES string of the molecule is CCCCOC(=O)CCCO.OCCCCO. The number of aliphatic hydroxyl groups is 3. The highest BCUT2D eigenvalue weighted by Gasteiger charge is 1.99. The Morgan fingerprint density at radius 2 is 1.47 bits per heavy atom. The van der Waals surface area contributed by atoms with E-state index in [1.54, 1.807) is 0 Å². The smallest absolute Gasteiger partial charge is 0.305 e. The van der Waals surface area contributed by atoms with Crippen LogP contribution in [0.15, 0.2) is 0 Å². The molecule has 104 valence electrons. The van der Waals surface area contributed by atoms with Crippen molar-refractivity contribution < 1.29 is 24.9 Å². The van der Waals surface area contributed by atoms with Gasteiger partial charge in [-0.2, -0.15) is 0 Å². The van der Waals surface area contributed by atoms with Gasteiger partial charge in [0.05, 0.1) is 6.61 Å². The third-order valence-corrected chi connectivity index (χ3v) is 1.87. The van der Waals surface area contributed by atoms with E-state index in [0.717, 1.165) is 25.7 Å². The van der Waals surface area contributed by atoms with Crippen molar-refractivity contribution in [3.63, 3.8) is 0 Å². The van der Waals surface area contributed by atoms with Crippen LogP contribution in [0.3, 0.4) is 0 Å². The van der Waals surface area contributed by atoms with Crippen molar-refractivity contribution >= 4 is 5.97 Å². The Morgan fingerprint density at radius 3 is 1.88 bits per heavy atom. The summed E-state index contributed by atoms with van der Waals surface area (Å²) >= 11 is 0. The highest BCUT2D eigenvalue weighted by atomic mass is 16.5. The summed E-state index contributed by atoms with van der Waals surface area (Å²) in [6.45, 7) is 3.01. The Balaban J connectivity index is 0. The maximum atomic E-state index is 10.7. The van der Waals surface area contributed by atoms with Crippen LogP contribution in [0.1, 0.15) is 45.4 Å². The van der Waals surface area contributed by atoms with Crippen molar-refractivity contribution in [2.45, 2.75) is 45.4 Å². The zero-order valence-corrected chi connectivity index (χ0v) is 10.7. The molecule has 0 aliphatic heterocycles. The number of rotatable bonds is 9. The largest absolute Gasteiger partial charge is 0.466 e. The molecule has 17 heavy (non-hydrogen) atoms. The summed E-state index contributed by atoms with van der Waals surface area (Å²) in [7, 11) is 0. The lowest BCUT2D eigenvalue weighted by atomic mass is 10.3. The molecule has 0 aliphatic carbocycles. The van der Waals surface area contributed by atoms with Crippen molar-refractivity contribution in [1.29, 1.82) is 0 Å². The number of ether oxygens (including phenoxy) is 1. The van der Waals surface area contributed by atoms with Gasteiger partial charge in [0, 0.05) is 26.2 Å². The Labute approximate surface area is 103 Å². The summed E-state index contributed by atoms with van der Waals surface area (Å²) in [5.41, 5.74) is 0. The van der Waals surface area contributed by atoms with Crippen LogP contribution < -0.4 is 0 Å². The third kappa shape index (κ3) is 21.2. The van der Waals surface area contributed by atoms with Gasteiger partial charge in [0.1, 0.15) is 0 Å². The van der Waals surface area contributed by atoms with Crippen LogP contribution in [0, 0.1) is 0 Å². The molecule has 5 nitrogen and oxygen atoms in total. The molecule has 0 aliphatic rings. The second kappa shape index (κ2) is 17.7. The van der Waals surface area contributed by atoms with Crippen LogP contribution in [0.5, 0.6) is 0 Å². The zero-order chi connectivity index (χ0) is 13.4. The van der Waals surface area contributed by atoms with Gasteiger partial charge < -0.3 is 20.1 Å². The number of aliphatic hydroxyl groups excluding tert-OH is 3. The Bertz CT molecular complexity index is 146. The molecule has 3 N–H and O–H groups in total. The molecule has 0 aromatic rings. The van der Waals surface area contributed by atoms with Crippen LogP contribution in [0.2, 0.25) is 0 Å². The molecule has 0 fully saturated rings. The van der Waals surface area contributed by atoms with Crippen molar-refractivity contribution in [2.75, 3.05) is 26.4 Å². The monoisotopic (exact) mass is 250 g/mol. The second-order valence-electron chi connectivity index (χ2n) is 3.56. The van der Waals surface area contributed by atoms with E-state index in [9.17, 15) is 4.79 Å². The Morgan fingerprint density at radius 1 is 0.941 bits per heavy atom. The number of unbranched alkanes of at least 4 members (excludes halogenated alkanes) is 2. The zero-order valence-electron chi connectivity index (χ0n) is 10.7. The molecule has 0 amide bonds. The van der Waals surface area contributed by atoms with Crippen LogP contribution in [-0.4, -0.2) is 47.7 Å². The first-order valence-corrected chi connectivity index (χ1v) is 6.21. The molecule has 0 saturated carbocycles. The van der Waals surface area contributed by atoms with E-state index >= 15 is 0 Å². The predicted molar refractivity (Wildman–Crippen MR) is 65.6 cm³/mol. The standard InChI is InChI=1S/C8H16O3.C4H10O2/c1-2-3-7-11-8(10)5-4-6-9;5-3-1-2-4-6/h9H,2-7H2,1H3;5-6H,1-4H2. The number of hydrogen-bond donors (Lipinski definition) is 3. The van der Waals surface area contributed by atoms with Crippen LogP contribution in [0.4, 0.5) is 0 Å². The lowest BCUT2D eigenvalue weighted by Gasteiger charge is -2.01. The molecule has 0 saturated heterocycles. The topological polar surface area (TPSA) is 87.0 Å². The minimum Gasteiger partial charge on any atom is -0.466 e. The molecule has 5 heteroatoms. The summed E-state index contributed by atoms with van der Waals surface area (Å²) < 4.78 is 4.83. The average Bonchev–Trinajstić information content (AvgIpc) is 2.35. The van der Waals surface area contributed by atoms with E-state index in [-0.39, 0.29) is 25.8 Å². The van der Waals surface area contributed by atoms with Gasteiger partial charge in [-0.3, -0.25) is 4.79 Å². The van der Waals surface area contributed by atoms with E-state index in [1.165, 1.54) is 0 Å². The molecular weight excluding hydrogens is 224 g/mol. The van der Waals surface area contributed by atoms with Gasteiger partial charge in [0.25, 0.3) is 0 Å². The lowest BCUT2D eigenvalue weighted by Crippen LogP contribution is -2.06. The summed E-state index contributed by atoms with van der Waals surface area (Å²) in [4.78, 5) is 10.7. The van der Waals surface area contributed by atoms with E-state index in [1.807, 2.05) is 6.92 Å². The van der Waals surface area contributed by atoms with Gasteiger partial charge in [0.2, 0.25) is 0 Å². The first-order chi connectivity index (χ1) is 8.22. The average molecular weight is 250 g/mol. The van der Waals surface area contributed by atoms with Crippen LogP contribution >= 0.6 is 0 Å². The molecule has 0 heterocycles. The third-order valence-electron chi connectivity index (χ3n) is 1.87. The van der Waals surface area contributed by atoms with Crippen molar-refractivity contribution in [3.8, 4) is 0 Å². The number of carbonyl (C=O) groups excluding carboxylic acids is 1. The predicted octanol–water partition coefficient (Wildman–Crippen LogP) is 0.853. The molecule has 0 rings (SSSR count). The molecule has 0 atom stereocenters. The Hall–Kier alpha value is -0.650. The fraction of sp³-hybridized carbons (Fsp3) is 0.917. The summed E-state index contributed by atoms with van der Waals surface area (Å²) in [5, 5.41) is 24.6. The summed E-state index contributed by atoms with van der Waals surface area (Å²) in [5.74, 6) is -0.201. The highest BCUT2D eigenvalue weighted by molar-refractivity contribution is 5.69. The lowest BCUT2D eigenvalue weighted by molar-refractivity contribution is -0.144. The summed E-state index contributed by atoms with van der Waals surface area (Å²) in [6.07, 6.45) is 4.23. The van der Waals surface area contributed by atoms with Gasteiger partial charge in [-0.25, -0.2) is 0 Å². The molecule has 0 radical (unpaired) electrons. The molecule has 0 unspecified atom stereocenters. The normalized spacial score (nSPS) is 9.41. The first kappa shape index (κ1) is 18.7. The fourth-order valence-electron chi connectivity index (χ4n) is 0.850. The quantitative estimate of drug-likeness (QED) is 0.417. The van der Waals surface area contributed by atoms with Gasteiger partial charge in [-0.1, -0.05) is 13.3 Å². The van der Waals surface area contributed by atoms with Gasteiger partial charge >= 0.3 is 5.97 Å². The highest BCUT2D eigenvalue weighted by Crippen LogP contribution is 1.94.